The first-order valence-corrected chi connectivity index (χ1v) is 6.44. The lowest BCUT2D eigenvalue weighted by atomic mass is 9.79. The van der Waals surface area contributed by atoms with Crippen molar-refractivity contribution in [3.63, 3.8) is 0 Å². The molecule has 0 atom stereocenters. The number of rotatable bonds is 6. The highest BCUT2D eigenvalue weighted by atomic mass is 16.5. The second-order valence-corrected chi connectivity index (χ2v) is 6.70. The van der Waals surface area contributed by atoms with E-state index in [2.05, 4.69) is 0 Å². The fourth-order valence-electron chi connectivity index (χ4n) is 1.77. The van der Waals surface area contributed by atoms with Crippen molar-refractivity contribution in [1.29, 1.82) is 0 Å². The van der Waals surface area contributed by atoms with Crippen LogP contribution in [0.1, 0.15) is 54.9 Å². The molecule has 0 aromatic carbocycles. The molecular formula is C14H28O4. The van der Waals surface area contributed by atoms with E-state index in [9.17, 15) is 15.0 Å². The molecule has 0 amide bonds. The van der Waals surface area contributed by atoms with Crippen LogP contribution < -0.4 is 0 Å². The van der Waals surface area contributed by atoms with Crippen molar-refractivity contribution in [3.05, 3.63) is 0 Å². The molecule has 0 spiro atoms. The van der Waals surface area contributed by atoms with Crippen LogP contribution in [0.5, 0.6) is 0 Å². The van der Waals surface area contributed by atoms with E-state index in [1.165, 1.54) is 0 Å². The first kappa shape index (κ1) is 17.4. The molecular weight excluding hydrogens is 232 g/mol. The molecule has 0 aliphatic heterocycles. The van der Waals surface area contributed by atoms with E-state index in [-0.39, 0.29) is 12.6 Å². The molecule has 0 aliphatic carbocycles. The van der Waals surface area contributed by atoms with Gasteiger partial charge in [0.05, 0.1) is 23.2 Å². The topological polar surface area (TPSA) is 66.8 Å². The van der Waals surface area contributed by atoms with Crippen LogP contribution in [0.2, 0.25) is 0 Å². The zero-order valence-corrected chi connectivity index (χ0v) is 12.7. The minimum absolute atomic E-state index is 0.00919. The Morgan fingerprint density at radius 2 is 1.44 bits per heavy atom. The molecule has 18 heavy (non-hydrogen) atoms. The van der Waals surface area contributed by atoms with Gasteiger partial charge < -0.3 is 14.9 Å². The van der Waals surface area contributed by atoms with Crippen LogP contribution in [0.3, 0.4) is 0 Å². The predicted molar refractivity (Wildman–Crippen MR) is 71.1 cm³/mol. The van der Waals surface area contributed by atoms with Gasteiger partial charge in [0.15, 0.2) is 0 Å². The second kappa shape index (κ2) is 5.57. The van der Waals surface area contributed by atoms with Gasteiger partial charge in [0.1, 0.15) is 0 Å². The molecule has 108 valence electrons. The summed E-state index contributed by atoms with van der Waals surface area (Å²) in [6.45, 7) is 12.0. The molecule has 2 N–H and O–H groups in total. The molecule has 0 rings (SSSR count). The van der Waals surface area contributed by atoms with Crippen molar-refractivity contribution < 1.29 is 19.7 Å². The summed E-state index contributed by atoms with van der Waals surface area (Å²) in [5.74, 6) is -0.842. The van der Waals surface area contributed by atoms with E-state index in [1.54, 1.807) is 27.7 Å². The minimum atomic E-state index is -1.12. The van der Waals surface area contributed by atoms with E-state index >= 15 is 0 Å². The lowest BCUT2D eigenvalue weighted by molar-refractivity contribution is -0.166. The zero-order chi connectivity index (χ0) is 14.8. The maximum absolute atomic E-state index is 11.9. The van der Waals surface area contributed by atoms with Crippen molar-refractivity contribution in [2.24, 2.45) is 11.3 Å². The number of aliphatic hydroxyl groups is 2. The van der Waals surface area contributed by atoms with Crippen LogP contribution in [0.4, 0.5) is 0 Å². The van der Waals surface area contributed by atoms with Gasteiger partial charge in [-0.05, 0) is 48.0 Å². The van der Waals surface area contributed by atoms with Crippen molar-refractivity contribution in [3.8, 4) is 0 Å². The SMILES string of the molecule is CCC(C)(C)C(=O)OCC(C(C)(C)O)C(C)(C)O. The molecule has 0 fully saturated rings. The number of esters is 1. The average molecular weight is 260 g/mol. The molecule has 0 heterocycles. The van der Waals surface area contributed by atoms with Gasteiger partial charge in [0, 0.05) is 5.92 Å². The van der Waals surface area contributed by atoms with Gasteiger partial charge in [-0.3, -0.25) is 4.79 Å². The van der Waals surface area contributed by atoms with Crippen LogP contribution in [0.25, 0.3) is 0 Å². The van der Waals surface area contributed by atoms with Crippen molar-refractivity contribution in [2.45, 2.75) is 66.1 Å². The molecule has 0 aromatic heterocycles. The molecule has 0 bridgehead atoms. The number of carbonyl (C=O) groups excluding carboxylic acids is 1. The Hall–Kier alpha value is -0.610. The van der Waals surface area contributed by atoms with Gasteiger partial charge in [0.2, 0.25) is 0 Å². The largest absolute Gasteiger partial charge is 0.465 e. The summed E-state index contributed by atoms with van der Waals surface area (Å²) in [6.07, 6.45) is 0.682. The minimum Gasteiger partial charge on any atom is -0.465 e. The standard InChI is InChI=1S/C14H28O4/c1-8-12(2,3)11(15)18-9-10(13(4,5)16)14(6,7)17/h10,16-17H,8-9H2,1-7H3. The Kier molecular flexibility index (Phi) is 5.39. The summed E-state index contributed by atoms with van der Waals surface area (Å²) in [5.41, 5.74) is -2.77. The molecule has 0 aromatic rings. The van der Waals surface area contributed by atoms with Crippen LogP contribution >= 0.6 is 0 Å². The Balaban J connectivity index is 4.72. The van der Waals surface area contributed by atoms with Crippen LogP contribution in [-0.2, 0) is 9.53 Å². The predicted octanol–water partition coefficient (Wildman–Crippen LogP) is 2.12. The Bertz CT molecular complexity index is 267. The highest BCUT2D eigenvalue weighted by molar-refractivity contribution is 5.75. The lowest BCUT2D eigenvalue weighted by Crippen LogP contribution is -2.48. The first-order chi connectivity index (χ1) is 7.82. The summed E-state index contributed by atoms with van der Waals surface area (Å²) in [6, 6.07) is 0. The van der Waals surface area contributed by atoms with Gasteiger partial charge in [-0.2, -0.15) is 0 Å². The highest BCUT2D eigenvalue weighted by Crippen LogP contribution is 2.29. The average Bonchev–Trinajstić information content (AvgIpc) is 2.13. The van der Waals surface area contributed by atoms with Crippen LogP contribution in [-0.4, -0.2) is 34.0 Å². The molecule has 4 heteroatoms. The Labute approximate surface area is 110 Å². The quantitative estimate of drug-likeness (QED) is 0.718. The van der Waals surface area contributed by atoms with Gasteiger partial charge in [-0.15, -0.1) is 0 Å². The third-order valence-corrected chi connectivity index (χ3v) is 3.52. The third kappa shape index (κ3) is 4.94. The lowest BCUT2D eigenvalue weighted by Gasteiger charge is -2.38. The first-order valence-electron chi connectivity index (χ1n) is 6.44. The summed E-state index contributed by atoms with van der Waals surface area (Å²) >= 11 is 0. The van der Waals surface area contributed by atoms with Crippen molar-refractivity contribution in [1.82, 2.24) is 0 Å². The molecule has 0 saturated heterocycles. The fraction of sp³-hybridized carbons (Fsp3) is 0.929. The third-order valence-electron chi connectivity index (χ3n) is 3.52. The molecule has 4 nitrogen and oxygen atoms in total. The Morgan fingerprint density at radius 1 is 1.06 bits per heavy atom. The van der Waals surface area contributed by atoms with E-state index < -0.39 is 22.5 Å². The van der Waals surface area contributed by atoms with Crippen molar-refractivity contribution in [2.75, 3.05) is 6.61 Å². The number of hydrogen-bond donors (Lipinski definition) is 2. The number of carbonyl (C=O) groups is 1. The van der Waals surface area contributed by atoms with Gasteiger partial charge in [0.25, 0.3) is 0 Å². The van der Waals surface area contributed by atoms with Gasteiger partial charge in [-0.1, -0.05) is 6.92 Å². The summed E-state index contributed by atoms with van der Waals surface area (Å²) in [7, 11) is 0. The highest BCUT2D eigenvalue weighted by Gasteiger charge is 2.40. The second-order valence-electron chi connectivity index (χ2n) is 6.70. The Morgan fingerprint density at radius 3 is 1.72 bits per heavy atom. The van der Waals surface area contributed by atoms with E-state index in [0.717, 1.165) is 0 Å². The van der Waals surface area contributed by atoms with Crippen LogP contribution in [0.15, 0.2) is 0 Å². The zero-order valence-electron chi connectivity index (χ0n) is 12.7. The van der Waals surface area contributed by atoms with Crippen LogP contribution in [0, 0.1) is 11.3 Å². The molecule has 0 saturated carbocycles. The van der Waals surface area contributed by atoms with E-state index in [1.807, 2.05) is 20.8 Å². The summed E-state index contributed by atoms with van der Waals surface area (Å²) in [4.78, 5) is 11.9. The number of hydrogen-bond acceptors (Lipinski definition) is 4. The maximum atomic E-state index is 11.9. The van der Waals surface area contributed by atoms with E-state index in [0.29, 0.717) is 6.42 Å². The fourth-order valence-corrected chi connectivity index (χ4v) is 1.77. The summed E-state index contributed by atoms with van der Waals surface area (Å²) in [5, 5.41) is 20.1. The monoisotopic (exact) mass is 260 g/mol. The molecule has 0 aliphatic rings. The molecule has 0 radical (unpaired) electrons. The van der Waals surface area contributed by atoms with Gasteiger partial charge in [-0.25, -0.2) is 0 Å². The number of ether oxygens (including phenoxy) is 1. The van der Waals surface area contributed by atoms with Crippen molar-refractivity contribution >= 4 is 5.97 Å². The molecule has 0 unspecified atom stereocenters. The normalized spacial score (nSPS) is 13.9. The van der Waals surface area contributed by atoms with Gasteiger partial charge >= 0.3 is 5.97 Å². The van der Waals surface area contributed by atoms with E-state index in [4.69, 9.17) is 4.74 Å². The smallest absolute Gasteiger partial charge is 0.311 e. The summed E-state index contributed by atoms with van der Waals surface area (Å²) < 4.78 is 5.25. The maximum Gasteiger partial charge on any atom is 0.311 e.